The van der Waals surface area contributed by atoms with E-state index in [0.29, 0.717) is 43.2 Å². The summed E-state index contributed by atoms with van der Waals surface area (Å²) in [4.78, 5) is 15.8. The van der Waals surface area contributed by atoms with Crippen LogP contribution in [0.4, 0.5) is 0 Å². The van der Waals surface area contributed by atoms with E-state index in [1.807, 2.05) is 104 Å². The van der Waals surface area contributed by atoms with Crippen LogP contribution in [-0.2, 0) is 16.6 Å². The number of hydrogen-bond acceptors (Lipinski definition) is 4. The van der Waals surface area contributed by atoms with Crippen LogP contribution in [0.15, 0.2) is 114 Å². The highest BCUT2D eigenvalue weighted by molar-refractivity contribution is 7.89. The molecule has 6 nitrogen and oxygen atoms in total. The molecular formula is C32H33N3O3S. The molecule has 0 unspecified atom stereocenters. The summed E-state index contributed by atoms with van der Waals surface area (Å²) >= 11 is 0. The molecule has 0 spiro atoms. The molecule has 0 aliphatic carbocycles. The minimum atomic E-state index is -3.48. The van der Waals surface area contributed by atoms with Crippen LogP contribution in [0.2, 0.25) is 0 Å². The molecule has 39 heavy (non-hydrogen) atoms. The average molecular weight is 540 g/mol. The van der Waals surface area contributed by atoms with Crippen molar-refractivity contribution in [2.75, 3.05) is 26.2 Å². The maximum Gasteiger partial charge on any atom is 0.252 e. The second-order valence-corrected chi connectivity index (χ2v) is 11.9. The third-order valence-electron chi connectivity index (χ3n) is 7.15. The predicted molar refractivity (Wildman–Crippen MR) is 154 cm³/mol. The highest BCUT2D eigenvalue weighted by atomic mass is 32.2. The fourth-order valence-electron chi connectivity index (χ4n) is 4.87. The van der Waals surface area contributed by atoms with Gasteiger partial charge < -0.3 is 5.32 Å². The zero-order valence-electron chi connectivity index (χ0n) is 22.0. The topological polar surface area (TPSA) is 69.7 Å². The maximum atomic E-state index is 13.2. The van der Waals surface area contributed by atoms with Crippen molar-refractivity contribution in [2.24, 2.45) is 0 Å². The van der Waals surface area contributed by atoms with Crippen molar-refractivity contribution in [3.8, 4) is 0 Å². The van der Waals surface area contributed by atoms with E-state index in [-0.39, 0.29) is 11.9 Å². The number of benzene rings is 4. The quantitative estimate of drug-likeness (QED) is 0.341. The average Bonchev–Trinajstić information content (AvgIpc) is 2.97. The first-order valence-corrected chi connectivity index (χ1v) is 14.6. The Hall–Kier alpha value is -3.78. The van der Waals surface area contributed by atoms with E-state index in [4.69, 9.17) is 0 Å². The van der Waals surface area contributed by atoms with Gasteiger partial charge >= 0.3 is 0 Å². The molecule has 0 bridgehead atoms. The number of piperazine rings is 1. The van der Waals surface area contributed by atoms with Crippen LogP contribution in [0.3, 0.4) is 0 Å². The lowest BCUT2D eigenvalue weighted by Gasteiger charge is -2.34. The fraction of sp³-hybridized carbons (Fsp3) is 0.219. The van der Waals surface area contributed by atoms with Gasteiger partial charge in [-0.2, -0.15) is 4.31 Å². The Balaban J connectivity index is 1.19. The number of carbonyl (C=O) groups is 1. The van der Waals surface area contributed by atoms with Crippen LogP contribution in [0.25, 0.3) is 0 Å². The number of aryl methyl sites for hydroxylation is 1. The van der Waals surface area contributed by atoms with Gasteiger partial charge in [-0.15, -0.1) is 0 Å². The molecule has 1 fully saturated rings. The van der Waals surface area contributed by atoms with E-state index in [2.05, 4.69) is 10.2 Å². The van der Waals surface area contributed by atoms with E-state index in [1.54, 1.807) is 16.4 Å². The fourth-order valence-corrected chi connectivity index (χ4v) is 6.29. The van der Waals surface area contributed by atoms with Gasteiger partial charge in [0.05, 0.1) is 10.9 Å². The summed E-state index contributed by atoms with van der Waals surface area (Å²) in [5, 5.41) is 3.19. The predicted octanol–water partition coefficient (Wildman–Crippen LogP) is 5.02. The molecule has 0 saturated carbocycles. The van der Waals surface area contributed by atoms with E-state index < -0.39 is 10.0 Å². The van der Waals surface area contributed by atoms with Crippen molar-refractivity contribution in [2.45, 2.75) is 24.4 Å². The molecule has 1 heterocycles. The molecule has 1 amide bonds. The minimum Gasteiger partial charge on any atom is -0.341 e. The standard InChI is InChI=1S/C32H33N3O3S/c1-25-12-18-30(19-13-25)39(37,38)35-22-20-34(21-23-35)24-26-14-16-29(17-15-26)32(36)33-31(27-8-4-2-5-9-27)28-10-6-3-7-11-28/h2-19,31H,20-24H2,1H3,(H,33,36). The first-order valence-electron chi connectivity index (χ1n) is 13.2. The molecule has 5 rings (SSSR count). The van der Waals surface area contributed by atoms with E-state index in [0.717, 1.165) is 22.3 Å². The molecule has 7 heteroatoms. The summed E-state index contributed by atoms with van der Waals surface area (Å²) in [7, 11) is -3.48. The number of nitrogens with one attached hydrogen (secondary N) is 1. The number of amides is 1. The van der Waals surface area contributed by atoms with Gasteiger partial charge in [0.2, 0.25) is 10.0 Å². The van der Waals surface area contributed by atoms with Crippen molar-refractivity contribution in [1.29, 1.82) is 0 Å². The van der Waals surface area contributed by atoms with Crippen molar-refractivity contribution in [3.05, 3.63) is 137 Å². The molecular weight excluding hydrogens is 506 g/mol. The Morgan fingerprint density at radius 2 is 1.28 bits per heavy atom. The lowest BCUT2D eigenvalue weighted by molar-refractivity contribution is 0.0943. The molecule has 4 aromatic rings. The highest BCUT2D eigenvalue weighted by Gasteiger charge is 2.28. The Labute approximate surface area is 231 Å². The Morgan fingerprint density at radius 3 is 1.82 bits per heavy atom. The van der Waals surface area contributed by atoms with Crippen molar-refractivity contribution in [3.63, 3.8) is 0 Å². The third-order valence-corrected chi connectivity index (χ3v) is 9.07. The van der Waals surface area contributed by atoms with Crippen molar-refractivity contribution in [1.82, 2.24) is 14.5 Å². The lowest BCUT2D eigenvalue weighted by atomic mass is 9.98. The van der Waals surface area contributed by atoms with Gasteiger partial charge in [-0.3, -0.25) is 9.69 Å². The number of carbonyl (C=O) groups excluding carboxylic acids is 1. The summed E-state index contributed by atoms with van der Waals surface area (Å²) in [6, 6.07) is 34.4. The van der Waals surface area contributed by atoms with Crippen LogP contribution in [0.1, 0.15) is 38.7 Å². The Kier molecular flexibility index (Phi) is 8.21. The zero-order chi connectivity index (χ0) is 27.2. The number of hydrogen-bond donors (Lipinski definition) is 1. The molecule has 1 aliphatic rings. The van der Waals surface area contributed by atoms with Gasteiger partial charge in [0, 0.05) is 38.3 Å². The second kappa shape index (κ2) is 11.9. The van der Waals surface area contributed by atoms with Crippen LogP contribution in [0, 0.1) is 6.92 Å². The number of sulfonamides is 1. The molecule has 0 aromatic heterocycles. The maximum absolute atomic E-state index is 13.2. The summed E-state index contributed by atoms with van der Waals surface area (Å²) in [6.45, 7) is 4.87. The smallest absolute Gasteiger partial charge is 0.252 e. The van der Waals surface area contributed by atoms with Gasteiger partial charge in [0.25, 0.3) is 5.91 Å². The van der Waals surface area contributed by atoms with Crippen LogP contribution in [-0.4, -0.2) is 49.7 Å². The molecule has 0 radical (unpaired) electrons. The Morgan fingerprint density at radius 1 is 0.744 bits per heavy atom. The molecule has 4 aromatic carbocycles. The Bertz CT molecular complexity index is 1440. The molecule has 1 saturated heterocycles. The summed E-state index contributed by atoms with van der Waals surface area (Å²) < 4.78 is 27.6. The van der Waals surface area contributed by atoms with Crippen LogP contribution >= 0.6 is 0 Å². The summed E-state index contributed by atoms with van der Waals surface area (Å²) in [5.41, 5.74) is 4.78. The molecule has 200 valence electrons. The normalized spacial score (nSPS) is 14.8. The lowest BCUT2D eigenvalue weighted by Crippen LogP contribution is -2.48. The van der Waals surface area contributed by atoms with E-state index in [9.17, 15) is 13.2 Å². The second-order valence-electron chi connectivity index (χ2n) is 9.92. The SMILES string of the molecule is Cc1ccc(S(=O)(=O)N2CCN(Cc3ccc(C(=O)NC(c4ccccc4)c4ccccc4)cc3)CC2)cc1. The first-order chi connectivity index (χ1) is 18.9. The van der Waals surface area contributed by atoms with Crippen LogP contribution in [0.5, 0.6) is 0 Å². The van der Waals surface area contributed by atoms with Crippen molar-refractivity contribution < 1.29 is 13.2 Å². The van der Waals surface area contributed by atoms with Crippen molar-refractivity contribution >= 4 is 15.9 Å². The molecule has 0 atom stereocenters. The largest absolute Gasteiger partial charge is 0.341 e. The van der Waals surface area contributed by atoms with Gasteiger partial charge in [-0.05, 0) is 47.9 Å². The number of nitrogens with zero attached hydrogens (tertiary/aromatic N) is 2. The van der Waals surface area contributed by atoms with Gasteiger partial charge in [-0.1, -0.05) is 90.5 Å². The molecule has 1 aliphatic heterocycles. The third kappa shape index (κ3) is 6.45. The highest BCUT2D eigenvalue weighted by Crippen LogP contribution is 2.23. The minimum absolute atomic E-state index is 0.130. The van der Waals surface area contributed by atoms with Crippen LogP contribution < -0.4 is 5.32 Å². The summed E-state index contributed by atoms with van der Waals surface area (Å²) in [6.07, 6.45) is 0. The van der Waals surface area contributed by atoms with Gasteiger partial charge in [0.15, 0.2) is 0 Å². The van der Waals surface area contributed by atoms with E-state index in [1.165, 1.54) is 0 Å². The van der Waals surface area contributed by atoms with Gasteiger partial charge in [-0.25, -0.2) is 8.42 Å². The van der Waals surface area contributed by atoms with E-state index >= 15 is 0 Å². The molecule has 1 N–H and O–H groups in total. The number of rotatable bonds is 8. The monoisotopic (exact) mass is 539 g/mol. The first kappa shape index (κ1) is 26.8. The van der Waals surface area contributed by atoms with Gasteiger partial charge in [0.1, 0.15) is 0 Å². The summed E-state index contributed by atoms with van der Waals surface area (Å²) in [5.74, 6) is -0.130. The zero-order valence-corrected chi connectivity index (χ0v) is 22.8.